The maximum atomic E-state index is 12.4. The van der Waals surface area contributed by atoms with Gasteiger partial charge in [0, 0.05) is 16.6 Å². The van der Waals surface area contributed by atoms with E-state index in [9.17, 15) is 25.0 Å². The van der Waals surface area contributed by atoms with Crippen LogP contribution in [0.5, 0.6) is 0 Å². The molecule has 0 saturated heterocycles. The molecule has 0 aliphatic heterocycles. The number of pyridine rings is 1. The molecule has 0 unspecified atom stereocenters. The summed E-state index contributed by atoms with van der Waals surface area (Å²) in [5, 5.41) is 23.5. The monoisotopic (exact) mass is 372 g/mol. The number of anilines is 1. The van der Waals surface area contributed by atoms with Crippen LogP contribution in [0.2, 0.25) is 0 Å². The lowest BCUT2D eigenvalue weighted by Gasteiger charge is -2.10. The zero-order valence-electron chi connectivity index (χ0n) is 14.1. The van der Waals surface area contributed by atoms with Crippen molar-refractivity contribution in [2.45, 2.75) is 39.2 Å². The van der Waals surface area contributed by atoms with Gasteiger partial charge in [0.1, 0.15) is 17.6 Å². The van der Waals surface area contributed by atoms with E-state index in [1.165, 1.54) is 17.4 Å². The van der Waals surface area contributed by atoms with Gasteiger partial charge in [0.25, 0.3) is 0 Å². The summed E-state index contributed by atoms with van der Waals surface area (Å²) in [4.78, 5) is 35.9. The minimum absolute atomic E-state index is 0.347. The Kier molecular flexibility index (Phi) is 4.86. The van der Waals surface area contributed by atoms with Crippen molar-refractivity contribution >= 4 is 27.9 Å². The third-order valence-corrected chi connectivity index (χ3v) is 5.61. The molecule has 1 amide bonds. The molecular weight excluding hydrogens is 356 g/mol. The van der Waals surface area contributed by atoms with Crippen LogP contribution in [0.4, 0.5) is 10.7 Å². The molecule has 9 heteroatoms. The van der Waals surface area contributed by atoms with Gasteiger partial charge in [0.2, 0.25) is 5.91 Å². The lowest BCUT2D eigenvalue weighted by Crippen LogP contribution is -2.30. The number of hydrogen-bond acceptors (Lipinski definition) is 6. The van der Waals surface area contributed by atoms with Crippen LogP contribution < -0.4 is 10.9 Å². The van der Waals surface area contributed by atoms with Gasteiger partial charge in [0.15, 0.2) is 0 Å². The van der Waals surface area contributed by atoms with E-state index in [4.69, 9.17) is 0 Å². The summed E-state index contributed by atoms with van der Waals surface area (Å²) in [7, 11) is 0. The van der Waals surface area contributed by atoms with Crippen LogP contribution in [0.1, 0.15) is 34.5 Å². The maximum absolute atomic E-state index is 12.4. The predicted octanol–water partition coefficient (Wildman–Crippen LogP) is 2.52. The maximum Gasteiger partial charge on any atom is 0.334 e. The number of nitro groups is 1. The fourth-order valence-corrected chi connectivity index (χ4v) is 4.33. The van der Waals surface area contributed by atoms with E-state index < -0.39 is 22.1 Å². The molecule has 0 radical (unpaired) electrons. The minimum atomic E-state index is -0.823. The van der Waals surface area contributed by atoms with Gasteiger partial charge in [-0.15, -0.1) is 11.3 Å². The molecule has 2 heterocycles. The number of fused-ring (bicyclic) bond motifs is 1. The molecule has 134 valence electrons. The number of rotatable bonds is 4. The Morgan fingerprint density at radius 3 is 2.85 bits per heavy atom. The molecule has 2 aromatic heterocycles. The Labute approximate surface area is 152 Å². The smallest absolute Gasteiger partial charge is 0.315 e. The van der Waals surface area contributed by atoms with E-state index in [0.29, 0.717) is 16.3 Å². The van der Waals surface area contributed by atoms with Gasteiger partial charge in [-0.25, -0.2) is 0 Å². The van der Waals surface area contributed by atoms with Gasteiger partial charge in [0.05, 0.1) is 10.5 Å². The molecule has 0 saturated carbocycles. The van der Waals surface area contributed by atoms with Gasteiger partial charge in [-0.2, -0.15) is 5.26 Å². The summed E-state index contributed by atoms with van der Waals surface area (Å²) in [6.45, 7) is 1.25. The average molecular weight is 372 g/mol. The largest absolute Gasteiger partial charge is 0.334 e. The molecular formula is C17H16N4O4S. The predicted molar refractivity (Wildman–Crippen MR) is 96.4 cm³/mol. The highest BCUT2D eigenvalue weighted by Crippen LogP contribution is 2.37. The lowest BCUT2D eigenvalue weighted by atomic mass is 9.96. The molecule has 0 fully saturated rings. The van der Waals surface area contributed by atoms with Gasteiger partial charge in [-0.05, 0) is 44.2 Å². The third-order valence-electron chi connectivity index (χ3n) is 4.41. The van der Waals surface area contributed by atoms with Crippen molar-refractivity contribution < 1.29 is 9.72 Å². The normalized spacial score (nSPS) is 12.9. The fourth-order valence-electron chi connectivity index (χ4n) is 3.08. The third kappa shape index (κ3) is 3.23. The van der Waals surface area contributed by atoms with Crippen LogP contribution in [-0.2, 0) is 24.2 Å². The van der Waals surface area contributed by atoms with E-state index in [2.05, 4.69) is 11.4 Å². The summed E-state index contributed by atoms with van der Waals surface area (Å²) >= 11 is 1.39. The number of carbonyl (C=O) groups excluding carboxylic acids is 1. The van der Waals surface area contributed by atoms with Gasteiger partial charge in [-0.1, -0.05) is 0 Å². The van der Waals surface area contributed by atoms with Crippen LogP contribution >= 0.6 is 11.3 Å². The number of thiophene rings is 1. The van der Waals surface area contributed by atoms with Gasteiger partial charge < -0.3 is 5.32 Å². The number of hydrogen-bond donors (Lipinski definition) is 1. The number of nitriles is 1. The van der Waals surface area contributed by atoms with E-state index in [-0.39, 0.29) is 6.54 Å². The molecule has 2 aromatic rings. The summed E-state index contributed by atoms with van der Waals surface area (Å²) in [6, 6.07) is 4.72. The fraction of sp³-hybridized carbons (Fsp3) is 0.353. The first kappa shape index (κ1) is 17.8. The number of nitrogens with one attached hydrogen (secondary N) is 1. The number of carbonyl (C=O) groups is 1. The number of amides is 1. The van der Waals surface area contributed by atoms with Gasteiger partial charge in [-0.3, -0.25) is 24.3 Å². The molecule has 3 rings (SSSR count). The second-order valence-electron chi connectivity index (χ2n) is 6.08. The van der Waals surface area contributed by atoms with Crippen LogP contribution in [0.25, 0.3) is 0 Å². The van der Waals surface area contributed by atoms with Crippen LogP contribution in [0.15, 0.2) is 16.9 Å². The summed E-state index contributed by atoms with van der Waals surface area (Å²) < 4.78 is 1.06. The quantitative estimate of drug-likeness (QED) is 0.653. The first-order valence-corrected chi connectivity index (χ1v) is 8.93. The molecule has 0 aromatic carbocycles. The SMILES string of the molecule is Cc1ccc([N+](=O)[O-])c(=O)n1CC(=O)Nc1sc2c(c1C#N)CCCC2. The molecule has 26 heavy (non-hydrogen) atoms. The molecule has 1 N–H and O–H groups in total. The Balaban J connectivity index is 1.86. The Bertz CT molecular complexity index is 999. The molecule has 1 aliphatic carbocycles. The Morgan fingerprint density at radius 1 is 1.42 bits per heavy atom. The summed E-state index contributed by atoms with van der Waals surface area (Å²) in [5.41, 5.74) is 0.537. The molecule has 8 nitrogen and oxygen atoms in total. The zero-order valence-corrected chi connectivity index (χ0v) is 14.9. The first-order chi connectivity index (χ1) is 12.4. The van der Waals surface area contributed by atoms with E-state index in [0.717, 1.165) is 46.8 Å². The van der Waals surface area contributed by atoms with Crippen molar-refractivity contribution in [1.82, 2.24) is 4.57 Å². The lowest BCUT2D eigenvalue weighted by molar-refractivity contribution is -0.386. The Morgan fingerprint density at radius 2 is 2.15 bits per heavy atom. The van der Waals surface area contributed by atoms with Crippen molar-refractivity contribution in [3.05, 3.63) is 54.3 Å². The number of nitrogens with zero attached hydrogens (tertiary/aromatic N) is 3. The highest BCUT2D eigenvalue weighted by Gasteiger charge is 2.23. The molecule has 0 atom stereocenters. The second kappa shape index (κ2) is 7.09. The first-order valence-electron chi connectivity index (χ1n) is 8.11. The van der Waals surface area contributed by atoms with Gasteiger partial charge >= 0.3 is 11.2 Å². The molecule has 1 aliphatic rings. The van der Waals surface area contributed by atoms with E-state index >= 15 is 0 Å². The number of aromatic nitrogens is 1. The van der Waals surface area contributed by atoms with Crippen molar-refractivity contribution in [2.75, 3.05) is 5.32 Å². The Hall–Kier alpha value is -2.99. The standard InChI is InChI=1S/C17H16N4O4S/c1-10-6-7-13(21(24)25)17(23)20(10)9-15(22)19-16-12(8-18)11-4-2-3-5-14(11)26-16/h6-7H,2-5,9H2,1H3,(H,19,22). The molecule has 0 bridgehead atoms. The van der Waals surface area contributed by atoms with Crippen LogP contribution in [0.3, 0.4) is 0 Å². The average Bonchev–Trinajstić information content (AvgIpc) is 2.95. The minimum Gasteiger partial charge on any atom is -0.315 e. The topological polar surface area (TPSA) is 118 Å². The van der Waals surface area contributed by atoms with E-state index in [1.807, 2.05) is 0 Å². The van der Waals surface area contributed by atoms with Crippen molar-refractivity contribution in [2.24, 2.45) is 0 Å². The summed E-state index contributed by atoms with van der Waals surface area (Å²) in [5.74, 6) is -0.495. The van der Waals surface area contributed by atoms with Crippen molar-refractivity contribution in [3.8, 4) is 6.07 Å². The highest BCUT2D eigenvalue weighted by atomic mass is 32.1. The van der Waals surface area contributed by atoms with Crippen LogP contribution in [0, 0.1) is 28.4 Å². The highest BCUT2D eigenvalue weighted by molar-refractivity contribution is 7.16. The second-order valence-corrected chi connectivity index (χ2v) is 7.19. The van der Waals surface area contributed by atoms with E-state index in [1.54, 1.807) is 6.92 Å². The van der Waals surface area contributed by atoms with Crippen molar-refractivity contribution in [3.63, 3.8) is 0 Å². The van der Waals surface area contributed by atoms with Crippen molar-refractivity contribution in [1.29, 1.82) is 5.26 Å². The van der Waals surface area contributed by atoms with Crippen LogP contribution in [-0.4, -0.2) is 15.4 Å². The zero-order chi connectivity index (χ0) is 18.8. The summed E-state index contributed by atoms with van der Waals surface area (Å²) in [6.07, 6.45) is 3.81. The number of aryl methyl sites for hydroxylation is 2. The molecule has 0 spiro atoms.